The Labute approximate surface area is 77.6 Å². The van der Waals surface area contributed by atoms with Gasteiger partial charge in [-0.15, -0.1) is 0 Å². The Kier molecular flexibility index (Phi) is 1.97. The summed E-state index contributed by atoms with van der Waals surface area (Å²) in [6.07, 6.45) is 1.72. The van der Waals surface area contributed by atoms with E-state index in [0.717, 1.165) is 10.9 Å². The lowest BCUT2D eigenvalue weighted by atomic mass is 10.0. The van der Waals surface area contributed by atoms with E-state index in [1.807, 2.05) is 6.07 Å². The number of hydrogen-bond acceptors (Lipinski definition) is 2. The molecule has 0 fully saturated rings. The fraction of sp³-hybridized carbons (Fsp3) is 0.273. The van der Waals surface area contributed by atoms with E-state index in [0.29, 0.717) is 5.92 Å². The summed E-state index contributed by atoms with van der Waals surface area (Å²) in [7, 11) is 0. The molecule has 1 aromatic heterocycles. The molecule has 0 N–H and O–H groups in total. The first kappa shape index (κ1) is 8.17. The van der Waals surface area contributed by atoms with Gasteiger partial charge in [0.05, 0.1) is 11.7 Å². The van der Waals surface area contributed by atoms with Crippen LogP contribution in [-0.4, -0.2) is 10.2 Å². The lowest BCUT2D eigenvalue weighted by Crippen LogP contribution is -1.89. The average molecular weight is 172 g/mol. The Morgan fingerprint density at radius 3 is 2.77 bits per heavy atom. The van der Waals surface area contributed by atoms with Crippen molar-refractivity contribution in [3.63, 3.8) is 0 Å². The molecule has 0 amide bonds. The molecule has 0 radical (unpaired) electrons. The third kappa shape index (κ3) is 1.52. The van der Waals surface area contributed by atoms with Crippen LogP contribution in [0.25, 0.3) is 10.9 Å². The number of aromatic nitrogens is 2. The molecule has 0 aliphatic rings. The van der Waals surface area contributed by atoms with E-state index in [1.165, 1.54) is 5.56 Å². The molecule has 2 heteroatoms. The fourth-order valence-electron chi connectivity index (χ4n) is 1.36. The van der Waals surface area contributed by atoms with Crippen LogP contribution < -0.4 is 0 Å². The molecule has 0 spiro atoms. The van der Waals surface area contributed by atoms with Crippen molar-refractivity contribution in [2.75, 3.05) is 0 Å². The molecule has 2 aromatic rings. The number of fused-ring (bicyclic) bond motifs is 1. The van der Waals surface area contributed by atoms with E-state index in [9.17, 15) is 0 Å². The van der Waals surface area contributed by atoms with Crippen molar-refractivity contribution in [2.24, 2.45) is 0 Å². The first-order chi connectivity index (χ1) is 6.27. The van der Waals surface area contributed by atoms with Crippen molar-refractivity contribution < 1.29 is 0 Å². The monoisotopic (exact) mass is 172 g/mol. The van der Waals surface area contributed by atoms with Crippen LogP contribution in [0.4, 0.5) is 0 Å². The second-order valence-electron chi connectivity index (χ2n) is 3.50. The van der Waals surface area contributed by atoms with Crippen LogP contribution in [0.5, 0.6) is 0 Å². The quantitative estimate of drug-likeness (QED) is 0.661. The molecule has 0 aliphatic heterocycles. The van der Waals surface area contributed by atoms with Gasteiger partial charge in [0, 0.05) is 5.39 Å². The van der Waals surface area contributed by atoms with Gasteiger partial charge in [0.2, 0.25) is 0 Å². The highest BCUT2D eigenvalue weighted by Crippen LogP contribution is 2.18. The molecule has 0 atom stereocenters. The fourth-order valence-corrected chi connectivity index (χ4v) is 1.36. The third-order valence-corrected chi connectivity index (χ3v) is 2.21. The zero-order valence-corrected chi connectivity index (χ0v) is 7.86. The summed E-state index contributed by atoms with van der Waals surface area (Å²) >= 11 is 0. The minimum atomic E-state index is 0.548. The largest absolute Gasteiger partial charge is 0.159 e. The van der Waals surface area contributed by atoms with Crippen LogP contribution in [0.1, 0.15) is 25.3 Å². The van der Waals surface area contributed by atoms with Crippen LogP contribution in [0, 0.1) is 0 Å². The van der Waals surface area contributed by atoms with Gasteiger partial charge in [0.25, 0.3) is 0 Å². The van der Waals surface area contributed by atoms with Crippen molar-refractivity contribution in [1.29, 1.82) is 0 Å². The van der Waals surface area contributed by atoms with E-state index in [-0.39, 0.29) is 0 Å². The summed E-state index contributed by atoms with van der Waals surface area (Å²) in [5.74, 6) is 0.548. The van der Waals surface area contributed by atoms with E-state index in [2.05, 4.69) is 42.2 Å². The van der Waals surface area contributed by atoms with Gasteiger partial charge in [0.1, 0.15) is 0 Å². The zero-order chi connectivity index (χ0) is 9.26. The molecule has 2 rings (SSSR count). The molecule has 0 saturated heterocycles. The maximum Gasteiger partial charge on any atom is 0.0932 e. The Morgan fingerprint density at radius 1 is 1.15 bits per heavy atom. The van der Waals surface area contributed by atoms with Gasteiger partial charge in [-0.05, 0) is 23.6 Å². The second-order valence-corrected chi connectivity index (χ2v) is 3.50. The van der Waals surface area contributed by atoms with E-state index < -0.39 is 0 Å². The maximum absolute atomic E-state index is 4.07. The molecule has 66 valence electrons. The minimum Gasteiger partial charge on any atom is -0.159 e. The summed E-state index contributed by atoms with van der Waals surface area (Å²) in [4.78, 5) is 0. The maximum atomic E-state index is 4.07. The first-order valence-corrected chi connectivity index (χ1v) is 4.49. The van der Waals surface area contributed by atoms with Crippen molar-refractivity contribution in [1.82, 2.24) is 10.2 Å². The molecule has 0 aliphatic carbocycles. The third-order valence-electron chi connectivity index (χ3n) is 2.21. The summed E-state index contributed by atoms with van der Waals surface area (Å²) in [6.45, 7) is 4.36. The van der Waals surface area contributed by atoms with Crippen molar-refractivity contribution in [3.05, 3.63) is 36.0 Å². The Hall–Kier alpha value is -1.44. The Bertz CT molecular complexity index is 421. The van der Waals surface area contributed by atoms with Gasteiger partial charge in [-0.2, -0.15) is 10.2 Å². The Morgan fingerprint density at radius 2 is 2.00 bits per heavy atom. The van der Waals surface area contributed by atoms with Crippen LogP contribution in [-0.2, 0) is 0 Å². The van der Waals surface area contributed by atoms with Crippen molar-refractivity contribution in [2.45, 2.75) is 19.8 Å². The predicted octanol–water partition coefficient (Wildman–Crippen LogP) is 2.75. The van der Waals surface area contributed by atoms with Crippen molar-refractivity contribution in [3.8, 4) is 0 Å². The highest BCUT2D eigenvalue weighted by atomic mass is 15.1. The SMILES string of the molecule is CC(C)c1ccc2ccnnc2c1. The van der Waals surface area contributed by atoms with E-state index in [1.54, 1.807) is 6.20 Å². The number of benzene rings is 1. The molecule has 0 unspecified atom stereocenters. The van der Waals surface area contributed by atoms with Gasteiger partial charge in [-0.1, -0.05) is 26.0 Å². The Balaban J connectivity index is 2.62. The molecule has 2 nitrogen and oxygen atoms in total. The zero-order valence-electron chi connectivity index (χ0n) is 7.86. The van der Waals surface area contributed by atoms with Crippen LogP contribution in [0.3, 0.4) is 0 Å². The van der Waals surface area contributed by atoms with Gasteiger partial charge in [0.15, 0.2) is 0 Å². The topological polar surface area (TPSA) is 25.8 Å². The van der Waals surface area contributed by atoms with Gasteiger partial charge < -0.3 is 0 Å². The summed E-state index contributed by atoms with van der Waals surface area (Å²) < 4.78 is 0. The molecule has 1 heterocycles. The molecule has 0 bridgehead atoms. The van der Waals surface area contributed by atoms with Crippen LogP contribution >= 0.6 is 0 Å². The molecule has 1 aromatic carbocycles. The molecular formula is C11H12N2. The van der Waals surface area contributed by atoms with Crippen LogP contribution in [0.15, 0.2) is 30.5 Å². The number of rotatable bonds is 1. The van der Waals surface area contributed by atoms with Gasteiger partial charge in [-0.25, -0.2) is 0 Å². The highest BCUT2D eigenvalue weighted by molar-refractivity contribution is 5.78. The van der Waals surface area contributed by atoms with E-state index in [4.69, 9.17) is 0 Å². The standard InChI is InChI=1S/C11H12N2/c1-8(2)10-4-3-9-5-6-12-13-11(9)7-10/h3-8H,1-2H3. The molecule has 0 saturated carbocycles. The summed E-state index contributed by atoms with van der Waals surface area (Å²) in [6, 6.07) is 8.33. The average Bonchev–Trinajstić information content (AvgIpc) is 2.17. The highest BCUT2D eigenvalue weighted by Gasteiger charge is 2.00. The summed E-state index contributed by atoms with van der Waals surface area (Å²) in [5, 5.41) is 9.09. The molecular weight excluding hydrogens is 160 g/mol. The van der Waals surface area contributed by atoms with Gasteiger partial charge in [-0.3, -0.25) is 0 Å². The first-order valence-electron chi connectivity index (χ1n) is 4.49. The van der Waals surface area contributed by atoms with Gasteiger partial charge >= 0.3 is 0 Å². The molecule has 13 heavy (non-hydrogen) atoms. The normalized spacial score (nSPS) is 11.0. The predicted molar refractivity (Wildman–Crippen MR) is 53.6 cm³/mol. The second kappa shape index (κ2) is 3.13. The minimum absolute atomic E-state index is 0.548. The number of hydrogen-bond donors (Lipinski definition) is 0. The van der Waals surface area contributed by atoms with E-state index >= 15 is 0 Å². The van der Waals surface area contributed by atoms with Crippen LogP contribution in [0.2, 0.25) is 0 Å². The van der Waals surface area contributed by atoms with Crippen molar-refractivity contribution >= 4 is 10.9 Å². The summed E-state index contributed by atoms with van der Waals surface area (Å²) in [5.41, 5.74) is 2.29. The number of nitrogens with zero attached hydrogens (tertiary/aromatic N) is 2. The lowest BCUT2D eigenvalue weighted by Gasteiger charge is -2.05. The lowest BCUT2D eigenvalue weighted by molar-refractivity contribution is 0.867. The smallest absolute Gasteiger partial charge is 0.0932 e.